The Morgan fingerprint density at radius 3 is 2.35 bits per heavy atom. The second-order valence-electron chi connectivity index (χ2n) is 5.89. The van der Waals surface area contributed by atoms with Gasteiger partial charge >= 0.3 is 12.1 Å². The van der Waals surface area contributed by atoms with Gasteiger partial charge in [-0.2, -0.15) is 0 Å². The normalized spacial score (nSPS) is 12.2. The Morgan fingerprint density at radius 2 is 1.83 bits per heavy atom. The van der Waals surface area contributed by atoms with Crippen LogP contribution in [-0.2, 0) is 9.53 Å². The minimum absolute atomic E-state index is 0.161. The van der Waals surface area contributed by atoms with Crippen LogP contribution in [0.4, 0.5) is 10.5 Å². The molecular formula is C15H20N2O6. The molecule has 0 aliphatic rings. The van der Waals surface area contributed by atoms with Crippen molar-refractivity contribution in [3.63, 3.8) is 0 Å². The molecule has 8 heteroatoms. The quantitative estimate of drug-likeness (QED) is 0.627. The lowest BCUT2D eigenvalue weighted by Crippen LogP contribution is -2.38. The maximum Gasteiger partial charge on any atom is 0.412 e. The van der Waals surface area contributed by atoms with Crippen molar-refractivity contribution in [1.29, 1.82) is 0 Å². The molecule has 0 saturated carbocycles. The van der Waals surface area contributed by atoms with Gasteiger partial charge in [0.25, 0.3) is 5.91 Å². The summed E-state index contributed by atoms with van der Waals surface area (Å²) in [7, 11) is 0. The largest absolute Gasteiger partial charge is 0.507 e. The van der Waals surface area contributed by atoms with Crippen LogP contribution in [-0.4, -0.2) is 39.8 Å². The van der Waals surface area contributed by atoms with E-state index in [1.54, 1.807) is 20.8 Å². The molecule has 0 aliphatic carbocycles. The number of aliphatic carboxylic acids is 1. The van der Waals surface area contributed by atoms with Crippen LogP contribution in [0.3, 0.4) is 0 Å². The summed E-state index contributed by atoms with van der Waals surface area (Å²) in [6, 6.07) is 2.71. The van der Waals surface area contributed by atoms with Crippen molar-refractivity contribution in [3.05, 3.63) is 23.8 Å². The molecule has 2 amide bonds. The lowest BCUT2D eigenvalue weighted by Gasteiger charge is -2.20. The van der Waals surface area contributed by atoms with Crippen LogP contribution in [0.25, 0.3) is 0 Å². The molecule has 1 aromatic carbocycles. The molecule has 4 N–H and O–H groups in total. The number of hydrogen-bond donors (Lipinski definition) is 4. The molecule has 0 fully saturated rings. The topological polar surface area (TPSA) is 125 Å². The van der Waals surface area contributed by atoms with Crippen LogP contribution < -0.4 is 10.6 Å². The molecule has 126 valence electrons. The van der Waals surface area contributed by atoms with E-state index in [9.17, 15) is 19.5 Å². The van der Waals surface area contributed by atoms with Crippen LogP contribution >= 0.6 is 0 Å². The predicted octanol–water partition coefficient (Wildman–Crippen LogP) is 1.94. The molecule has 0 spiro atoms. The minimum atomic E-state index is -1.21. The first-order chi connectivity index (χ1) is 10.5. The molecule has 23 heavy (non-hydrogen) atoms. The first kappa shape index (κ1) is 18.3. The first-order valence-electron chi connectivity index (χ1n) is 6.86. The van der Waals surface area contributed by atoms with E-state index in [0.717, 1.165) is 0 Å². The van der Waals surface area contributed by atoms with E-state index in [4.69, 9.17) is 9.84 Å². The SMILES string of the molecule is C[C@H](NC(=O)c1cc(NC(=O)OC(C)(C)C)ccc1O)C(=O)O. The van der Waals surface area contributed by atoms with Gasteiger partial charge in [0.15, 0.2) is 0 Å². The van der Waals surface area contributed by atoms with Gasteiger partial charge in [-0.25, -0.2) is 4.79 Å². The van der Waals surface area contributed by atoms with E-state index >= 15 is 0 Å². The fourth-order valence-corrected chi connectivity index (χ4v) is 1.55. The number of nitrogens with one attached hydrogen (secondary N) is 2. The lowest BCUT2D eigenvalue weighted by molar-refractivity contribution is -0.138. The van der Waals surface area contributed by atoms with Gasteiger partial charge in [0.05, 0.1) is 5.56 Å². The number of carboxylic acid groups (broad SMARTS) is 1. The van der Waals surface area contributed by atoms with Crippen molar-refractivity contribution >= 4 is 23.7 Å². The van der Waals surface area contributed by atoms with Crippen molar-refractivity contribution in [2.24, 2.45) is 0 Å². The zero-order valence-electron chi connectivity index (χ0n) is 13.3. The number of rotatable bonds is 4. The van der Waals surface area contributed by atoms with Crippen molar-refractivity contribution < 1.29 is 29.3 Å². The Hall–Kier alpha value is -2.77. The van der Waals surface area contributed by atoms with Crippen LogP contribution in [0, 0.1) is 0 Å². The number of amides is 2. The van der Waals surface area contributed by atoms with E-state index < -0.39 is 29.6 Å². The third kappa shape index (κ3) is 5.85. The molecule has 0 unspecified atom stereocenters. The van der Waals surface area contributed by atoms with Crippen molar-refractivity contribution in [1.82, 2.24) is 5.32 Å². The molecule has 0 radical (unpaired) electrons. The van der Waals surface area contributed by atoms with Crippen LogP contribution in [0.15, 0.2) is 18.2 Å². The van der Waals surface area contributed by atoms with Gasteiger partial charge < -0.3 is 20.3 Å². The van der Waals surface area contributed by atoms with Gasteiger partial charge in [0.1, 0.15) is 17.4 Å². The van der Waals surface area contributed by atoms with Gasteiger partial charge in [-0.05, 0) is 45.9 Å². The van der Waals surface area contributed by atoms with Gasteiger partial charge in [0, 0.05) is 5.69 Å². The second kappa shape index (κ2) is 6.99. The summed E-state index contributed by atoms with van der Waals surface area (Å²) < 4.78 is 5.08. The van der Waals surface area contributed by atoms with Crippen molar-refractivity contribution in [2.75, 3.05) is 5.32 Å². The molecule has 1 aromatic rings. The maximum absolute atomic E-state index is 12.0. The minimum Gasteiger partial charge on any atom is -0.507 e. The maximum atomic E-state index is 12.0. The van der Waals surface area contributed by atoms with E-state index in [-0.39, 0.29) is 17.0 Å². The van der Waals surface area contributed by atoms with Gasteiger partial charge in [0.2, 0.25) is 0 Å². The summed E-state index contributed by atoms with van der Waals surface area (Å²) in [4.78, 5) is 34.4. The summed E-state index contributed by atoms with van der Waals surface area (Å²) in [5.41, 5.74) is -0.616. The predicted molar refractivity (Wildman–Crippen MR) is 82.5 cm³/mol. The van der Waals surface area contributed by atoms with Gasteiger partial charge in [-0.1, -0.05) is 0 Å². The Balaban J connectivity index is 2.89. The Morgan fingerprint density at radius 1 is 1.22 bits per heavy atom. The van der Waals surface area contributed by atoms with Crippen molar-refractivity contribution in [2.45, 2.75) is 39.3 Å². The number of anilines is 1. The zero-order chi connectivity index (χ0) is 17.8. The fourth-order valence-electron chi connectivity index (χ4n) is 1.55. The second-order valence-corrected chi connectivity index (χ2v) is 5.89. The molecule has 1 atom stereocenters. The molecule has 0 bridgehead atoms. The number of phenolic OH excluding ortho intramolecular Hbond substituents is 1. The summed E-state index contributed by atoms with van der Waals surface area (Å²) in [6.45, 7) is 6.40. The highest BCUT2D eigenvalue weighted by molar-refractivity contribution is 6.00. The van der Waals surface area contributed by atoms with Gasteiger partial charge in [-0.15, -0.1) is 0 Å². The highest BCUT2D eigenvalue weighted by Crippen LogP contribution is 2.22. The number of carbonyl (C=O) groups is 3. The number of aromatic hydroxyl groups is 1. The number of hydrogen-bond acceptors (Lipinski definition) is 5. The average Bonchev–Trinajstić information content (AvgIpc) is 2.38. The molecule has 1 rings (SSSR count). The Bertz CT molecular complexity index is 621. The molecule has 0 heterocycles. The van der Waals surface area contributed by atoms with Gasteiger partial charge in [-0.3, -0.25) is 14.9 Å². The first-order valence-corrected chi connectivity index (χ1v) is 6.86. The third-order valence-electron chi connectivity index (χ3n) is 2.60. The van der Waals surface area contributed by atoms with E-state index in [2.05, 4.69) is 10.6 Å². The third-order valence-corrected chi connectivity index (χ3v) is 2.60. The monoisotopic (exact) mass is 324 g/mol. The summed E-state index contributed by atoms with van der Waals surface area (Å²) in [5.74, 6) is -2.32. The smallest absolute Gasteiger partial charge is 0.412 e. The highest BCUT2D eigenvalue weighted by Gasteiger charge is 2.20. The number of carboxylic acids is 1. The number of ether oxygens (including phenoxy) is 1. The van der Waals surface area contributed by atoms with Crippen LogP contribution in [0.1, 0.15) is 38.1 Å². The number of carbonyl (C=O) groups excluding carboxylic acids is 2. The summed E-state index contributed by atoms with van der Waals surface area (Å²) >= 11 is 0. The van der Waals surface area contributed by atoms with Crippen LogP contribution in [0.5, 0.6) is 5.75 Å². The highest BCUT2D eigenvalue weighted by atomic mass is 16.6. The molecule has 0 saturated heterocycles. The Labute approximate surface area is 133 Å². The molecule has 0 aromatic heterocycles. The number of benzene rings is 1. The summed E-state index contributed by atoms with van der Waals surface area (Å²) in [5, 5.41) is 23.1. The molecule has 0 aliphatic heterocycles. The van der Waals surface area contributed by atoms with Crippen LogP contribution in [0.2, 0.25) is 0 Å². The molecular weight excluding hydrogens is 304 g/mol. The summed E-state index contributed by atoms with van der Waals surface area (Å²) in [6.07, 6.45) is -0.714. The van der Waals surface area contributed by atoms with E-state index in [1.807, 2.05) is 0 Å². The van der Waals surface area contributed by atoms with Crippen molar-refractivity contribution in [3.8, 4) is 5.75 Å². The fraction of sp³-hybridized carbons (Fsp3) is 0.400. The van der Waals surface area contributed by atoms with E-state index in [0.29, 0.717) is 0 Å². The zero-order valence-corrected chi connectivity index (χ0v) is 13.3. The average molecular weight is 324 g/mol. The Kier molecular flexibility index (Phi) is 5.56. The standard InChI is InChI=1S/C15H20N2O6/c1-8(13(20)21)16-12(19)10-7-9(5-6-11(10)18)17-14(22)23-15(2,3)4/h5-8,18H,1-4H3,(H,16,19)(H,17,22)(H,20,21)/t8-/m0/s1. The lowest BCUT2D eigenvalue weighted by atomic mass is 10.1. The number of phenols is 1. The van der Waals surface area contributed by atoms with E-state index in [1.165, 1.54) is 25.1 Å². The molecule has 8 nitrogen and oxygen atoms in total.